The van der Waals surface area contributed by atoms with Gasteiger partial charge in [-0.25, -0.2) is 17.9 Å². The number of aromatic nitrogens is 3. The van der Waals surface area contributed by atoms with E-state index in [0.717, 1.165) is 11.6 Å². The van der Waals surface area contributed by atoms with Gasteiger partial charge < -0.3 is 0 Å². The first-order chi connectivity index (χ1) is 9.51. The molecule has 0 unspecified atom stereocenters. The summed E-state index contributed by atoms with van der Waals surface area (Å²) in [6.07, 6.45) is -4.68. The monoisotopic (exact) mass is 324 g/mol. The van der Waals surface area contributed by atoms with Gasteiger partial charge in [0.1, 0.15) is 5.82 Å². The standard InChI is InChI=1S/C10H8F4N4O2S/c1-18-8(16-17-9(18)21(15,19)20)6-4-5(10(12,13)14)2-3-7(6)11/h2-4H,1H3,(H2,15,19,20). The van der Waals surface area contributed by atoms with E-state index >= 15 is 0 Å². The molecular weight excluding hydrogens is 316 g/mol. The van der Waals surface area contributed by atoms with Crippen LogP contribution in [0.1, 0.15) is 5.56 Å². The maximum absolute atomic E-state index is 13.7. The lowest BCUT2D eigenvalue weighted by molar-refractivity contribution is -0.137. The first kappa shape index (κ1) is 15.4. The number of hydrogen-bond acceptors (Lipinski definition) is 4. The molecule has 2 N–H and O–H groups in total. The maximum Gasteiger partial charge on any atom is 0.416 e. The van der Waals surface area contributed by atoms with Crippen molar-refractivity contribution in [2.24, 2.45) is 12.2 Å². The zero-order valence-corrected chi connectivity index (χ0v) is 11.2. The van der Waals surface area contributed by atoms with Crippen molar-refractivity contribution in [1.29, 1.82) is 0 Å². The van der Waals surface area contributed by atoms with Crippen LogP contribution in [0.3, 0.4) is 0 Å². The van der Waals surface area contributed by atoms with Crippen LogP contribution < -0.4 is 5.14 Å². The molecule has 0 atom stereocenters. The molecule has 1 aromatic carbocycles. The van der Waals surface area contributed by atoms with Gasteiger partial charge in [-0.1, -0.05) is 0 Å². The van der Waals surface area contributed by atoms with Crippen LogP contribution in [-0.4, -0.2) is 23.2 Å². The topological polar surface area (TPSA) is 90.9 Å². The molecule has 6 nitrogen and oxygen atoms in total. The minimum atomic E-state index is -4.68. The highest BCUT2D eigenvalue weighted by atomic mass is 32.2. The number of primary sulfonamides is 1. The molecule has 114 valence electrons. The maximum atomic E-state index is 13.7. The van der Waals surface area contributed by atoms with E-state index in [2.05, 4.69) is 10.2 Å². The minimum absolute atomic E-state index is 0.386. The number of hydrogen-bond donors (Lipinski definition) is 1. The third-order valence-electron chi connectivity index (χ3n) is 2.62. The van der Waals surface area contributed by atoms with Gasteiger partial charge in [-0.3, -0.25) is 4.57 Å². The Bertz CT molecular complexity index is 798. The van der Waals surface area contributed by atoms with Crippen molar-refractivity contribution in [2.75, 3.05) is 0 Å². The average Bonchev–Trinajstić information content (AvgIpc) is 2.70. The number of benzene rings is 1. The van der Waals surface area contributed by atoms with Gasteiger partial charge in [0.25, 0.3) is 15.2 Å². The molecule has 0 aliphatic rings. The Morgan fingerprint density at radius 1 is 1.24 bits per heavy atom. The molecule has 0 saturated carbocycles. The van der Waals surface area contributed by atoms with Crippen molar-refractivity contribution in [3.8, 4) is 11.4 Å². The van der Waals surface area contributed by atoms with Crippen LogP contribution in [0.5, 0.6) is 0 Å². The van der Waals surface area contributed by atoms with Gasteiger partial charge in [0.2, 0.25) is 0 Å². The van der Waals surface area contributed by atoms with E-state index in [0.29, 0.717) is 18.2 Å². The summed E-state index contributed by atoms with van der Waals surface area (Å²) in [5.41, 5.74) is -1.63. The molecule has 0 spiro atoms. The lowest BCUT2D eigenvalue weighted by Crippen LogP contribution is -2.17. The van der Waals surface area contributed by atoms with Crippen molar-refractivity contribution in [3.63, 3.8) is 0 Å². The van der Waals surface area contributed by atoms with Crippen LogP contribution in [0, 0.1) is 5.82 Å². The molecule has 21 heavy (non-hydrogen) atoms. The van der Waals surface area contributed by atoms with Crippen molar-refractivity contribution in [1.82, 2.24) is 14.8 Å². The Labute approximate surface area is 116 Å². The first-order valence-corrected chi connectivity index (χ1v) is 6.86. The second kappa shape index (κ2) is 4.77. The Hall–Kier alpha value is -2.01. The molecule has 0 saturated heterocycles. The highest BCUT2D eigenvalue weighted by Crippen LogP contribution is 2.33. The van der Waals surface area contributed by atoms with E-state index in [1.54, 1.807) is 0 Å². The van der Waals surface area contributed by atoms with E-state index in [-0.39, 0.29) is 5.82 Å². The SMILES string of the molecule is Cn1c(-c2cc(C(F)(F)F)ccc2F)nnc1S(N)(=O)=O. The van der Waals surface area contributed by atoms with Crippen LogP contribution in [0.4, 0.5) is 17.6 Å². The van der Waals surface area contributed by atoms with Gasteiger partial charge in [-0.2, -0.15) is 13.2 Å². The number of rotatable bonds is 2. The number of nitrogens with zero attached hydrogens (tertiary/aromatic N) is 3. The number of sulfonamides is 1. The normalized spacial score (nSPS) is 12.7. The van der Waals surface area contributed by atoms with Gasteiger partial charge in [0.05, 0.1) is 11.1 Å². The van der Waals surface area contributed by atoms with E-state index in [1.807, 2.05) is 0 Å². The fraction of sp³-hybridized carbons (Fsp3) is 0.200. The average molecular weight is 324 g/mol. The highest BCUT2D eigenvalue weighted by molar-refractivity contribution is 7.89. The largest absolute Gasteiger partial charge is 0.416 e. The van der Waals surface area contributed by atoms with E-state index in [9.17, 15) is 26.0 Å². The summed E-state index contributed by atoms with van der Waals surface area (Å²) in [4.78, 5) is 0. The summed E-state index contributed by atoms with van der Waals surface area (Å²) < 4.78 is 74.8. The van der Waals surface area contributed by atoms with E-state index in [4.69, 9.17) is 5.14 Å². The second-order valence-electron chi connectivity index (χ2n) is 4.10. The molecule has 11 heteroatoms. The first-order valence-electron chi connectivity index (χ1n) is 5.31. The van der Waals surface area contributed by atoms with Crippen LogP contribution in [-0.2, 0) is 23.2 Å². The minimum Gasteiger partial charge on any atom is -0.300 e. The summed E-state index contributed by atoms with van der Waals surface area (Å²) in [6.45, 7) is 0. The molecule has 1 aromatic heterocycles. The van der Waals surface area contributed by atoms with Gasteiger partial charge in [0, 0.05) is 7.05 Å². The lowest BCUT2D eigenvalue weighted by Gasteiger charge is -2.09. The predicted molar refractivity (Wildman–Crippen MR) is 62.8 cm³/mol. The second-order valence-corrected chi connectivity index (χ2v) is 5.56. The zero-order chi connectivity index (χ0) is 16.0. The molecule has 2 aromatic rings. The van der Waals surface area contributed by atoms with E-state index in [1.165, 1.54) is 0 Å². The Morgan fingerprint density at radius 3 is 2.33 bits per heavy atom. The van der Waals surface area contributed by atoms with Gasteiger partial charge in [-0.15, -0.1) is 10.2 Å². The van der Waals surface area contributed by atoms with E-state index < -0.39 is 38.3 Å². The molecule has 0 aliphatic heterocycles. The van der Waals surface area contributed by atoms with Gasteiger partial charge in [0.15, 0.2) is 5.82 Å². The number of alkyl halides is 3. The summed E-state index contributed by atoms with van der Waals surface area (Å²) in [5.74, 6) is -1.39. The molecule has 0 aliphatic carbocycles. The molecule has 0 amide bonds. The lowest BCUT2D eigenvalue weighted by atomic mass is 10.1. The Kier molecular flexibility index (Phi) is 3.49. The van der Waals surface area contributed by atoms with Crippen molar-refractivity contribution in [2.45, 2.75) is 11.3 Å². The molecule has 0 bridgehead atoms. The van der Waals surface area contributed by atoms with Gasteiger partial charge in [-0.05, 0) is 18.2 Å². The van der Waals surface area contributed by atoms with Crippen molar-refractivity contribution >= 4 is 10.0 Å². The predicted octanol–water partition coefficient (Wildman–Crippen LogP) is 1.29. The Morgan fingerprint density at radius 2 is 1.86 bits per heavy atom. The molecule has 2 rings (SSSR count). The molecule has 0 radical (unpaired) electrons. The van der Waals surface area contributed by atoms with Crippen LogP contribution in [0.2, 0.25) is 0 Å². The third kappa shape index (κ3) is 2.88. The highest BCUT2D eigenvalue weighted by Gasteiger charge is 2.32. The quantitative estimate of drug-likeness (QED) is 0.843. The molecule has 0 fully saturated rings. The molecular formula is C10H8F4N4O2S. The van der Waals surface area contributed by atoms with Crippen molar-refractivity contribution in [3.05, 3.63) is 29.6 Å². The third-order valence-corrected chi connectivity index (χ3v) is 3.49. The van der Waals surface area contributed by atoms with Crippen LogP contribution in [0.25, 0.3) is 11.4 Å². The van der Waals surface area contributed by atoms with Gasteiger partial charge >= 0.3 is 6.18 Å². The smallest absolute Gasteiger partial charge is 0.300 e. The summed E-state index contributed by atoms with van der Waals surface area (Å²) in [5, 5.41) is 10.8. The van der Waals surface area contributed by atoms with Crippen LogP contribution >= 0.6 is 0 Å². The fourth-order valence-corrected chi connectivity index (χ4v) is 2.29. The molecule has 1 heterocycles. The van der Waals surface area contributed by atoms with Crippen LogP contribution in [0.15, 0.2) is 23.4 Å². The zero-order valence-electron chi connectivity index (χ0n) is 10.4. The van der Waals surface area contributed by atoms with Crippen molar-refractivity contribution < 1.29 is 26.0 Å². The fourth-order valence-electron chi connectivity index (χ4n) is 1.67. The number of nitrogens with two attached hydrogens (primary N) is 1. The number of halogens is 4. The Balaban J connectivity index is 2.66. The summed E-state index contributed by atoms with van der Waals surface area (Å²) in [7, 11) is -3.08. The summed E-state index contributed by atoms with van der Waals surface area (Å²) in [6, 6.07) is 1.70. The summed E-state index contributed by atoms with van der Waals surface area (Å²) >= 11 is 0.